The van der Waals surface area contributed by atoms with Crippen molar-refractivity contribution < 1.29 is 4.74 Å². The Morgan fingerprint density at radius 1 is 1.56 bits per heavy atom. The van der Waals surface area contributed by atoms with Crippen LogP contribution in [0.4, 0.5) is 5.69 Å². The molecule has 0 aromatic carbocycles. The van der Waals surface area contributed by atoms with Gasteiger partial charge in [-0.25, -0.2) is 0 Å². The van der Waals surface area contributed by atoms with Crippen LogP contribution in [0.3, 0.4) is 0 Å². The van der Waals surface area contributed by atoms with Gasteiger partial charge in [0.25, 0.3) is 0 Å². The molecule has 0 aliphatic carbocycles. The highest BCUT2D eigenvalue weighted by Gasteiger charge is 2.17. The third-order valence-electron chi connectivity index (χ3n) is 3.59. The van der Waals surface area contributed by atoms with Crippen molar-refractivity contribution in [1.82, 2.24) is 10.3 Å². The molecule has 2 heterocycles. The fourth-order valence-electron chi connectivity index (χ4n) is 2.23. The van der Waals surface area contributed by atoms with E-state index in [9.17, 15) is 0 Å². The van der Waals surface area contributed by atoms with Crippen LogP contribution in [0.1, 0.15) is 31.5 Å². The second-order valence-electron chi connectivity index (χ2n) is 4.97. The first-order chi connectivity index (χ1) is 8.70. The monoisotopic (exact) mass is 249 g/mol. The second-order valence-corrected chi connectivity index (χ2v) is 4.97. The number of ether oxygens (including phenoxy) is 1. The summed E-state index contributed by atoms with van der Waals surface area (Å²) in [5.41, 5.74) is 2.23. The minimum absolute atomic E-state index is 0.294. The Balaban J connectivity index is 1.95. The quantitative estimate of drug-likeness (QED) is 0.866. The number of nitrogens with one attached hydrogen (secondary N) is 1. The molecule has 1 aromatic heterocycles. The molecule has 0 bridgehead atoms. The van der Waals surface area contributed by atoms with Crippen LogP contribution in [0.15, 0.2) is 18.3 Å². The highest BCUT2D eigenvalue weighted by Crippen LogP contribution is 2.18. The molecule has 100 valence electrons. The lowest BCUT2D eigenvalue weighted by atomic mass is 10.2. The number of hydrogen-bond acceptors (Lipinski definition) is 4. The van der Waals surface area contributed by atoms with Gasteiger partial charge in [-0.1, -0.05) is 0 Å². The van der Waals surface area contributed by atoms with E-state index < -0.39 is 0 Å². The predicted octanol–water partition coefficient (Wildman–Crippen LogP) is 1.98. The van der Waals surface area contributed by atoms with Crippen molar-refractivity contribution in [2.24, 2.45) is 0 Å². The lowest BCUT2D eigenvalue weighted by Gasteiger charge is -2.22. The summed E-state index contributed by atoms with van der Waals surface area (Å²) in [5.74, 6) is 0. The van der Waals surface area contributed by atoms with Gasteiger partial charge in [-0.15, -0.1) is 0 Å². The minimum atomic E-state index is 0.294. The minimum Gasteiger partial charge on any atom is -0.376 e. The number of pyridine rings is 1. The number of hydrogen-bond donors (Lipinski definition) is 1. The molecule has 1 aromatic rings. The van der Waals surface area contributed by atoms with E-state index in [2.05, 4.69) is 41.3 Å². The van der Waals surface area contributed by atoms with Crippen LogP contribution in [0.25, 0.3) is 0 Å². The zero-order valence-corrected chi connectivity index (χ0v) is 11.5. The predicted molar refractivity (Wildman–Crippen MR) is 74.0 cm³/mol. The van der Waals surface area contributed by atoms with Crippen LogP contribution < -0.4 is 10.2 Å². The van der Waals surface area contributed by atoms with Crippen LogP contribution in [0, 0.1) is 0 Å². The Morgan fingerprint density at radius 2 is 2.39 bits per heavy atom. The van der Waals surface area contributed by atoms with Gasteiger partial charge in [-0.05, 0) is 38.9 Å². The van der Waals surface area contributed by atoms with Crippen molar-refractivity contribution in [3.05, 3.63) is 24.0 Å². The zero-order chi connectivity index (χ0) is 13.0. The lowest BCUT2D eigenvalue weighted by molar-refractivity contribution is 0.116. The van der Waals surface area contributed by atoms with Gasteiger partial charge in [0.05, 0.1) is 23.7 Å². The maximum atomic E-state index is 5.65. The number of rotatable bonds is 5. The molecule has 1 fully saturated rings. The highest BCUT2D eigenvalue weighted by molar-refractivity contribution is 5.44. The molecular formula is C14H23N3O. The molecule has 0 amide bonds. The molecule has 0 spiro atoms. The largest absolute Gasteiger partial charge is 0.376 e. The summed E-state index contributed by atoms with van der Waals surface area (Å²) in [4.78, 5) is 6.72. The average Bonchev–Trinajstić information content (AvgIpc) is 2.91. The van der Waals surface area contributed by atoms with Crippen molar-refractivity contribution in [3.8, 4) is 0 Å². The van der Waals surface area contributed by atoms with Gasteiger partial charge in [0, 0.05) is 26.2 Å². The highest BCUT2D eigenvalue weighted by atomic mass is 16.5. The molecule has 1 aliphatic rings. The molecule has 4 nitrogen and oxygen atoms in total. The van der Waals surface area contributed by atoms with E-state index in [1.807, 2.05) is 13.2 Å². The van der Waals surface area contributed by atoms with Crippen molar-refractivity contribution >= 4 is 5.69 Å². The Labute approximate surface area is 109 Å². The van der Waals surface area contributed by atoms with Crippen LogP contribution in [0.2, 0.25) is 0 Å². The van der Waals surface area contributed by atoms with Gasteiger partial charge >= 0.3 is 0 Å². The lowest BCUT2D eigenvalue weighted by Crippen LogP contribution is -2.28. The zero-order valence-electron chi connectivity index (χ0n) is 11.5. The first-order valence-electron chi connectivity index (χ1n) is 6.66. The van der Waals surface area contributed by atoms with E-state index in [1.165, 1.54) is 12.8 Å². The summed E-state index contributed by atoms with van der Waals surface area (Å²) in [6.45, 7) is 3.97. The molecule has 1 N–H and O–H groups in total. The summed E-state index contributed by atoms with van der Waals surface area (Å²) in [7, 11) is 4.05. The summed E-state index contributed by atoms with van der Waals surface area (Å²) < 4.78 is 5.65. The first-order valence-corrected chi connectivity index (χ1v) is 6.66. The molecular weight excluding hydrogens is 226 g/mol. The maximum Gasteiger partial charge on any atom is 0.0750 e. The molecule has 2 rings (SSSR count). The van der Waals surface area contributed by atoms with E-state index in [-0.39, 0.29) is 0 Å². The Hall–Kier alpha value is -1.13. The molecule has 0 radical (unpaired) electrons. The number of nitrogens with zero attached hydrogens (tertiary/aromatic N) is 2. The van der Waals surface area contributed by atoms with Crippen LogP contribution in [-0.2, 0) is 4.74 Å². The first kappa shape index (κ1) is 13.3. The fourth-order valence-corrected chi connectivity index (χ4v) is 2.23. The topological polar surface area (TPSA) is 37.4 Å². The number of likely N-dealkylation sites (N-methyl/N-ethyl adjacent to an activating group) is 1. The van der Waals surface area contributed by atoms with E-state index in [0.717, 1.165) is 24.5 Å². The average molecular weight is 249 g/mol. The summed E-state index contributed by atoms with van der Waals surface area (Å²) in [6.07, 6.45) is 4.69. The van der Waals surface area contributed by atoms with Crippen molar-refractivity contribution in [2.45, 2.75) is 31.9 Å². The van der Waals surface area contributed by atoms with Crippen LogP contribution >= 0.6 is 0 Å². The normalized spacial score (nSPS) is 20.9. The Kier molecular flexibility index (Phi) is 4.55. The van der Waals surface area contributed by atoms with Gasteiger partial charge in [-0.3, -0.25) is 4.98 Å². The fraction of sp³-hybridized carbons (Fsp3) is 0.643. The SMILES string of the molecule is CNC(C)c1ccc(N(C)CC2CCCO2)cn1. The van der Waals surface area contributed by atoms with Crippen LogP contribution in [-0.4, -0.2) is 38.3 Å². The van der Waals surface area contributed by atoms with Gasteiger partial charge in [-0.2, -0.15) is 0 Å². The second kappa shape index (κ2) is 6.16. The Morgan fingerprint density at radius 3 is 2.94 bits per heavy atom. The van der Waals surface area contributed by atoms with Gasteiger partial charge in [0.1, 0.15) is 0 Å². The number of anilines is 1. The Bertz CT molecular complexity index is 360. The smallest absolute Gasteiger partial charge is 0.0750 e. The molecule has 0 saturated carbocycles. The van der Waals surface area contributed by atoms with Gasteiger partial charge < -0.3 is 15.0 Å². The van der Waals surface area contributed by atoms with Gasteiger partial charge in [0.2, 0.25) is 0 Å². The van der Waals surface area contributed by atoms with E-state index in [4.69, 9.17) is 4.74 Å². The van der Waals surface area contributed by atoms with Crippen molar-refractivity contribution in [2.75, 3.05) is 32.1 Å². The molecule has 2 atom stereocenters. The van der Waals surface area contributed by atoms with E-state index in [0.29, 0.717) is 12.1 Å². The molecule has 4 heteroatoms. The standard InChI is InChI=1S/C14H23N3O/c1-11(15-2)14-7-6-12(9-16-14)17(3)10-13-5-4-8-18-13/h6-7,9,11,13,15H,4-5,8,10H2,1-3H3. The molecule has 18 heavy (non-hydrogen) atoms. The van der Waals surface area contributed by atoms with Crippen LogP contribution in [0.5, 0.6) is 0 Å². The van der Waals surface area contributed by atoms with Crippen molar-refractivity contribution in [1.29, 1.82) is 0 Å². The van der Waals surface area contributed by atoms with Crippen molar-refractivity contribution in [3.63, 3.8) is 0 Å². The van der Waals surface area contributed by atoms with E-state index >= 15 is 0 Å². The third kappa shape index (κ3) is 3.21. The third-order valence-corrected chi connectivity index (χ3v) is 3.59. The molecule has 2 unspecified atom stereocenters. The summed E-state index contributed by atoms with van der Waals surface area (Å²) in [5, 5.41) is 3.19. The van der Waals surface area contributed by atoms with E-state index in [1.54, 1.807) is 0 Å². The van der Waals surface area contributed by atoms with Gasteiger partial charge in [0.15, 0.2) is 0 Å². The number of aromatic nitrogens is 1. The maximum absolute atomic E-state index is 5.65. The molecule has 1 saturated heterocycles. The summed E-state index contributed by atoms with van der Waals surface area (Å²) in [6, 6.07) is 4.51. The molecule has 1 aliphatic heterocycles. The summed E-state index contributed by atoms with van der Waals surface area (Å²) >= 11 is 0.